The standard InChI is InChI=1S/C27H27F3N4O/c1-3-31-25-24(11-12-32-25)18(2)34-13-7-10-20(17-34)21-14-22(27(28,29)30)16-23(15-21)33-26(35)19-8-5-4-6-9-19/h3-6,8-9,11-12,14-16,20H,1,7,10,13,17H2,2H3,(H,31,32)(H,33,35)/b24-18+. The molecule has 2 aliphatic rings. The second kappa shape index (κ2) is 10.2. The Morgan fingerprint density at radius 1 is 1.20 bits per heavy atom. The van der Waals surface area contributed by atoms with Crippen molar-refractivity contribution in [2.45, 2.75) is 31.9 Å². The zero-order valence-electron chi connectivity index (χ0n) is 19.4. The van der Waals surface area contributed by atoms with Gasteiger partial charge < -0.3 is 15.5 Å². The number of amides is 1. The van der Waals surface area contributed by atoms with Gasteiger partial charge in [-0.15, -0.1) is 0 Å². The molecule has 2 N–H and O–H groups in total. The SMILES string of the molecule is C=CNC1=NC=C/C1=C(/C)N1CCCC(c2cc(NC(=O)c3ccccc3)cc(C(F)(F)F)c2)C1. The smallest absolute Gasteiger partial charge is 0.374 e. The van der Waals surface area contributed by atoms with Gasteiger partial charge in [0.2, 0.25) is 0 Å². The summed E-state index contributed by atoms with van der Waals surface area (Å²) in [5.41, 5.74) is 2.25. The van der Waals surface area contributed by atoms with Crippen LogP contribution in [0.15, 0.2) is 89.8 Å². The van der Waals surface area contributed by atoms with Gasteiger partial charge in [0.05, 0.1) is 5.56 Å². The van der Waals surface area contributed by atoms with Crippen LogP contribution in [0, 0.1) is 0 Å². The Hall–Kier alpha value is -3.81. The average molecular weight is 481 g/mol. The van der Waals surface area contributed by atoms with Gasteiger partial charge in [0.1, 0.15) is 5.84 Å². The van der Waals surface area contributed by atoms with E-state index in [1.807, 2.05) is 13.0 Å². The van der Waals surface area contributed by atoms with Crippen molar-refractivity contribution < 1.29 is 18.0 Å². The lowest BCUT2D eigenvalue weighted by Gasteiger charge is -2.36. The number of carbonyl (C=O) groups excluding carboxylic acids is 1. The number of likely N-dealkylation sites (tertiary alicyclic amines) is 1. The first kappa shape index (κ1) is 24.3. The molecule has 1 atom stereocenters. The Labute approximate surface area is 202 Å². The molecule has 2 heterocycles. The van der Waals surface area contributed by atoms with E-state index in [0.717, 1.165) is 36.7 Å². The number of piperidine rings is 1. The first-order chi connectivity index (χ1) is 16.8. The molecule has 1 unspecified atom stereocenters. The van der Waals surface area contributed by atoms with Crippen molar-refractivity contribution in [3.8, 4) is 0 Å². The fraction of sp³-hybridized carbons (Fsp3) is 0.259. The van der Waals surface area contributed by atoms with E-state index in [0.29, 0.717) is 23.5 Å². The van der Waals surface area contributed by atoms with Crippen LogP contribution in [0.5, 0.6) is 0 Å². The average Bonchev–Trinajstić information content (AvgIpc) is 3.32. The van der Waals surface area contributed by atoms with E-state index in [4.69, 9.17) is 0 Å². The Morgan fingerprint density at radius 3 is 2.69 bits per heavy atom. The summed E-state index contributed by atoms with van der Waals surface area (Å²) in [5.74, 6) is 0.132. The minimum atomic E-state index is -4.52. The van der Waals surface area contributed by atoms with Gasteiger partial charge in [-0.25, -0.2) is 4.99 Å². The number of benzene rings is 2. The molecule has 0 saturated carbocycles. The highest BCUT2D eigenvalue weighted by molar-refractivity contribution is 6.04. The zero-order chi connectivity index (χ0) is 25.0. The van der Waals surface area contributed by atoms with E-state index in [-0.39, 0.29) is 11.6 Å². The van der Waals surface area contributed by atoms with Crippen LogP contribution >= 0.6 is 0 Å². The van der Waals surface area contributed by atoms with Crippen LogP contribution in [0.4, 0.5) is 18.9 Å². The van der Waals surface area contributed by atoms with Crippen LogP contribution < -0.4 is 10.6 Å². The van der Waals surface area contributed by atoms with E-state index in [9.17, 15) is 18.0 Å². The van der Waals surface area contributed by atoms with Crippen LogP contribution in [0.3, 0.4) is 0 Å². The molecule has 182 valence electrons. The predicted octanol–water partition coefficient (Wildman–Crippen LogP) is 6.07. The molecule has 1 fully saturated rings. The molecule has 2 aromatic carbocycles. The van der Waals surface area contributed by atoms with Gasteiger partial charge in [-0.05, 0) is 67.9 Å². The summed E-state index contributed by atoms with van der Waals surface area (Å²) in [4.78, 5) is 19.1. The minimum absolute atomic E-state index is 0.118. The van der Waals surface area contributed by atoms with Crippen molar-refractivity contribution in [3.63, 3.8) is 0 Å². The van der Waals surface area contributed by atoms with Gasteiger partial charge in [0, 0.05) is 47.7 Å². The molecule has 35 heavy (non-hydrogen) atoms. The molecule has 0 aliphatic carbocycles. The number of rotatable bonds is 5. The highest BCUT2D eigenvalue weighted by Crippen LogP contribution is 2.37. The van der Waals surface area contributed by atoms with Crippen molar-refractivity contribution in [1.29, 1.82) is 0 Å². The molecule has 0 radical (unpaired) electrons. The number of nitrogens with one attached hydrogen (secondary N) is 2. The number of aliphatic imine (C=N–C) groups is 1. The number of hydrogen-bond acceptors (Lipinski definition) is 4. The predicted molar refractivity (Wildman–Crippen MR) is 132 cm³/mol. The van der Waals surface area contributed by atoms with E-state index >= 15 is 0 Å². The number of allylic oxidation sites excluding steroid dienone is 1. The van der Waals surface area contributed by atoms with Gasteiger partial charge in [-0.3, -0.25) is 4.79 Å². The number of halogens is 3. The molecule has 0 bridgehead atoms. The first-order valence-corrected chi connectivity index (χ1v) is 11.4. The molecule has 8 heteroatoms. The normalized spacial score (nSPS) is 19.3. The van der Waals surface area contributed by atoms with E-state index in [1.165, 1.54) is 6.07 Å². The van der Waals surface area contributed by atoms with Crippen LogP contribution in [0.2, 0.25) is 0 Å². The van der Waals surface area contributed by atoms with Gasteiger partial charge in [-0.1, -0.05) is 24.8 Å². The lowest BCUT2D eigenvalue weighted by atomic mass is 9.88. The fourth-order valence-electron chi connectivity index (χ4n) is 4.48. The molecule has 2 aromatic rings. The molecular weight excluding hydrogens is 453 g/mol. The summed E-state index contributed by atoms with van der Waals surface area (Å²) in [5, 5.41) is 5.67. The van der Waals surface area contributed by atoms with Crippen LogP contribution in [-0.4, -0.2) is 29.7 Å². The van der Waals surface area contributed by atoms with E-state index in [1.54, 1.807) is 48.8 Å². The highest BCUT2D eigenvalue weighted by atomic mass is 19.4. The third-order valence-electron chi connectivity index (χ3n) is 6.27. The summed E-state index contributed by atoms with van der Waals surface area (Å²) in [6.07, 6.45) is 2.25. The lowest BCUT2D eigenvalue weighted by Crippen LogP contribution is -2.35. The second-order valence-corrected chi connectivity index (χ2v) is 8.59. The zero-order valence-corrected chi connectivity index (χ0v) is 19.4. The van der Waals surface area contributed by atoms with Crippen LogP contribution in [-0.2, 0) is 6.18 Å². The third kappa shape index (κ3) is 5.65. The summed E-state index contributed by atoms with van der Waals surface area (Å²) < 4.78 is 41.2. The van der Waals surface area contributed by atoms with Crippen molar-refractivity contribution in [1.82, 2.24) is 10.2 Å². The Bertz CT molecular complexity index is 1200. The maximum atomic E-state index is 13.7. The maximum absolute atomic E-state index is 13.7. The molecule has 1 saturated heterocycles. The van der Waals surface area contributed by atoms with Gasteiger partial charge in [0.15, 0.2) is 0 Å². The van der Waals surface area contributed by atoms with Crippen molar-refractivity contribution in [2.24, 2.45) is 4.99 Å². The van der Waals surface area contributed by atoms with Crippen LogP contribution in [0.25, 0.3) is 0 Å². The highest BCUT2D eigenvalue weighted by Gasteiger charge is 2.33. The fourth-order valence-corrected chi connectivity index (χ4v) is 4.48. The Kier molecular flexibility index (Phi) is 7.10. The van der Waals surface area contributed by atoms with Gasteiger partial charge in [0.25, 0.3) is 5.91 Å². The van der Waals surface area contributed by atoms with E-state index < -0.39 is 17.6 Å². The second-order valence-electron chi connectivity index (χ2n) is 8.59. The van der Waals surface area contributed by atoms with Crippen molar-refractivity contribution in [2.75, 3.05) is 18.4 Å². The molecule has 4 rings (SSSR count). The monoisotopic (exact) mass is 480 g/mol. The third-order valence-corrected chi connectivity index (χ3v) is 6.27. The summed E-state index contributed by atoms with van der Waals surface area (Å²) in [7, 11) is 0. The number of anilines is 1. The summed E-state index contributed by atoms with van der Waals surface area (Å²) in [6, 6.07) is 12.3. The largest absolute Gasteiger partial charge is 0.416 e. The van der Waals surface area contributed by atoms with E-state index in [2.05, 4.69) is 27.1 Å². The van der Waals surface area contributed by atoms with Gasteiger partial charge >= 0.3 is 6.18 Å². The Balaban J connectivity index is 1.61. The Morgan fingerprint density at radius 2 is 1.97 bits per heavy atom. The number of carbonyl (C=O) groups is 1. The first-order valence-electron chi connectivity index (χ1n) is 11.4. The van der Waals surface area contributed by atoms with Crippen molar-refractivity contribution in [3.05, 3.63) is 102 Å². The molecule has 2 aliphatic heterocycles. The summed E-state index contributed by atoms with van der Waals surface area (Å²) >= 11 is 0. The molecule has 0 spiro atoms. The lowest BCUT2D eigenvalue weighted by molar-refractivity contribution is -0.137. The molecule has 5 nitrogen and oxygen atoms in total. The molecule has 0 aromatic heterocycles. The van der Waals surface area contributed by atoms with Crippen LogP contribution in [0.1, 0.15) is 47.2 Å². The molecular formula is C27H27F3N4O. The number of alkyl halides is 3. The summed E-state index contributed by atoms with van der Waals surface area (Å²) in [6.45, 7) is 7.04. The number of amidine groups is 1. The molecule has 1 amide bonds. The number of nitrogens with zero attached hydrogens (tertiary/aromatic N) is 2. The topological polar surface area (TPSA) is 56.7 Å². The van der Waals surface area contributed by atoms with Crippen molar-refractivity contribution >= 4 is 17.4 Å². The van der Waals surface area contributed by atoms with Gasteiger partial charge in [-0.2, -0.15) is 13.2 Å². The quantitative estimate of drug-likeness (QED) is 0.546. The number of hydrogen-bond donors (Lipinski definition) is 2. The maximum Gasteiger partial charge on any atom is 0.416 e. The minimum Gasteiger partial charge on any atom is -0.374 e.